The van der Waals surface area contributed by atoms with Gasteiger partial charge in [-0.2, -0.15) is 0 Å². The highest BCUT2D eigenvalue weighted by atomic mass is 16.3. The number of anilines is 2. The standard InChI is InChI=1S/C23H18N4O3/c1-15-8-2-3-9-16(15)21-20(25-14-30-21)23(29)27-18-11-5-4-10-17(18)26-22(28)19-12-6-7-13-24-19/h2-14H,1H3,(H,26,28)(H,27,29). The second-order valence-corrected chi connectivity index (χ2v) is 6.51. The summed E-state index contributed by atoms with van der Waals surface area (Å²) in [6.07, 6.45) is 2.78. The molecule has 0 fully saturated rings. The van der Waals surface area contributed by atoms with Gasteiger partial charge < -0.3 is 15.1 Å². The Hall–Kier alpha value is -4.26. The molecule has 4 aromatic rings. The first-order chi connectivity index (χ1) is 14.6. The Bertz CT molecular complexity index is 1200. The fraction of sp³-hybridized carbons (Fsp3) is 0.0435. The van der Waals surface area contributed by atoms with Gasteiger partial charge in [0.25, 0.3) is 11.8 Å². The molecule has 0 aliphatic heterocycles. The minimum absolute atomic E-state index is 0.162. The lowest BCUT2D eigenvalue weighted by atomic mass is 10.1. The highest BCUT2D eigenvalue weighted by molar-refractivity contribution is 6.10. The number of oxazole rings is 1. The predicted octanol–water partition coefficient (Wildman–Crippen LogP) is 4.55. The van der Waals surface area contributed by atoms with Crippen LogP contribution in [0.5, 0.6) is 0 Å². The van der Waals surface area contributed by atoms with Crippen molar-refractivity contribution in [2.75, 3.05) is 10.6 Å². The summed E-state index contributed by atoms with van der Waals surface area (Å²) in [5, 5.41) is 5.58. The number of carbonyl (C=O) groups is 2. The van der Waals surface area contributed by atoms with E-state index in [9.17, 15) is 9.59 Å². The lowest BCUT2D eigenvalue weighted by molar-refractivity contribution is 0.101. The van der Waals surface area contributed by atoms with Crippen molar-refractivity contribution in [3.63, 3.8) is 0 Å². The Morgan fingerprint density at radius 1 is 0.800 bits per heavy atom. The second kappa shape index (κ2) is 8.40. The van der Waals surface area contributed by atoms with Gasteiger partial charge in [-0.3, -0.25) is 14.6 Å². The summed E-state index contributed by atoms with van der Waals surface area (Å²) in [5.41, 5.74) is 3.07. The number of nitrogens with zero attached hydrogens (tertiary/aromatic N) is 2. The van der Waals surface area contributed by atoms with Gasteiger partial charge in [0.2, 0.25) is 0 Å². The number of para-hydroxylation sites is 2. The van der Waals surface area contributed by atoms with Crippen molar-refractivity contribution in [3.8, 4) is 11.3 Å². The van der Waals surface area contributed by atoms with Crippen molar-refractivity contribution in [2.45, 2.75) is 6.92 Å². The number of amides is 2. The van der Waals surface area contributed by atoms with E-state index in [1.807, 2.05) is 31.2 Å². The highest BCUT2D eigenvalue weighted by Gasteiger charge is 2.20. The first-order valence-corrected chi connectivity index (χ1v) is 9.26. The number of carbonyl (C=O) groups excluding carboxylic acids is 2. The van der Waals surface area contributed by atoms with E-state index in [2.05, 4.69) is 20.6 Å². The molecule has 0 atom stereocenters. The van der Waals surface area contributed by atoms with Crippen LogP contribution in [-0.4, -0.2) is 21.8 Å². The molecule has 2 heterocycles. The van der Waals surface area contributed by atoms with Crippen LogP contribution in [0.15, 0.2) is 83.7 Å². The van der Waals surface area contributed by atoms with Crippen LogP contribution in [0, 0.1) is 6.92 Å². The molecule has 4 rings (SSSR count). The fourth-order valence-electron chi connectivity index (χ4n) is 2.99. The molecule has 2 amide bonds. The van der Waals surface area contributed by atoms with E-state index < -0.39 is 5.91 Å². The zero-order valence-electron chi connectivity index (χ0n) is 16.1. The van der Waals surface area contributed by atoms with Gasteiger partial charge in [0.15, 0.2) is 17.8 Å². The van der Waals surface area contributed by atoms with Crippen molar-refractivity contribution in [1.29, 1.82) is 0 Å². The normalized spacial score (nSPS) is 10.4. The number of hydrogen-bond acceptors (Lipinski definition) is 5. The molecular formula is C23H18N4O3. The van der Waals surface area contributed by atoms with E-state index in [0.29, 0.717) is 17.1 Å². The number of nitrogens with one attached hydrogen (secondary N) is 2. The molecule has 0 aliphatic carbocycles. The molecule has 0 unspecified atom stereocenters. The average molecular weight is 398 g/mol. The van der Waals surface area contributed by atoms with E-state index in [-0.39, 0.29) is 17.3 Å². The number of benzene rings is 2. The van der Waals surface area contributed by atoms with E-state index in [1.54, 1.807) is 48.7 Å². The van der Waals surface area contributed by atoms with Gasteiger partial charge in [-0.25, -0.2) is 4.98 Å². The summed E-state index contributed by atoms with van der Waals surface area (Å²) in [7, 11) is 0. The summed E-state index contributed by atoms with van der Waals surface area (Å²) in [4.78, 5) is 33.5. The topological polar surface area (TPSA) is 97.1 Å². The van der Waals surface area contributed by atoms with Crippen LogP contribution in [0.3, 0.4) is 0 Å². The Morgan fingerprint density at radius 3 is 2.17 bits per heavy atom. The molecule has 0 bridgehead atoms. The summed E-state index contributed by atoms with van der Waals surface area (Å²) >= 11 is 0. The lowest BCUT2D eigenvalue weighted by Gasteiger charge is -2.12. The maximum Gasteiger partial charge on any atom is 0.278 e. The molecule has 0 radical (unpaired) electrons. The molecule has 30 heavy (non-hydrogen) atoms. The maximum absolute atomic E-state index is 12.9. The molecule has 2 N–H and O–H groups in total. The van der Waals surface area contributed by atoms with Gasteiger partial charge in [0, 0.05) is 11.8 Å². The van der Waals surface area contributed by atoms with Crippen molar-refractivity contribution >= 4 is 23.2 Å². The zero-order valence-corrected chi connectivity index (χ0v) is 16.1. The van der Waals surface area contributed by atoms with E-state index in [4.69, 9.17) is 4.42 Å². The van der Waals surface area contributed by atoms with Crippen molar-refractivity contribution in [2.24, 2.45) is 0 Å². The minimum Gasteiger partial charge on any atom is -0.443 e. The van der Waals surface area contributed by atoms with E-state index >= 15 is 0 Å². The van der Waals surface area contributed by atoms with Gasteiger partial charge in [-0.05, 0) is 36.8 Å². The summed E-state index contributed by atoms with van der Waals surface area (Å²) in [5.74, 6) is -0.429. The fourth-order valence-corrected chi connectivity index (χ4v) is 2.99. The molecular weight excluding hydrogens is 380 g/mol. The second-order valence-electron chi connectivity index (χ2n) is 6.51. The molecule has 2 aromatic heterocycles. The molecule has 0 saturated carbocycles. The number of aryl methyl sites for hydroxylation is 1. The van der Waals surface area contributed by atoms with E-state index in [1.165, 1.54) is 6.39 Å². The Kier molecular flexibility index (Phi) is 5.34. The van der Waals surface area contributed by atoms with Crippen LogP contribution in [0.1, 0.15) is 26.5 Å². The molecule has 148 valence electrons. The summed E-state index contributed by atoms with van der Waals surface area (Å²) < 4.78 is 5.49. The van der Waals surface area contributed by atoms with Crippen LogP contribution in [-0.2, 0) is 0 Å². The van der Waals surface area contributed by atoms with Crippen LogP contribution in [0.25, 0.3) is 11.3 Å². The smallest absolute Gasteiger partial charge is 0.278 e. The molecule has 7 heteroatoms. The van der Waals surface area contributed by atoms with Gasteiger partial charge in [0.1, 0.15) is 5.69 Å². The third-order valence-corrected chi connectivity index (χ3v) is 4.49. The van der Waals surface area contributed by atoms with E-state index in [0.717, 1.165) is 11.1 Å². The first kappa shape index (κ1) is 19.1. The largest absolute Gasteiger partial charge is 0.443 e. The van der Waals surface area contributed by atoms with Crippen LogP contribution in [0.2, 0.25) is 0 Å². The number of aromatic nitrogens is 2. The maximum atomic E-state index is 12.9. The lowest BCUT2D eigenvalue weighted by Crippen LogP contribution is -2.18. The van der Waals surface area contributed by atoms with Crippen molar-refractivity contribution in [3.05, 3.63) is 96.3 Å². The minimum atomic E-state index is -0.443. The SMILES string of the molecule is Cc1ccccc1-c1ocnc1C(=O)Nc1ccccc1NC(=O)c1ccccn1. The summed E-state index contributed by atoms with van der Waals surface area (Å²) in [6, 6.07) is 19.6. The monoisotopic (exact) mass is 398 g/mol. The molecule has 2 aromatic carbocycles. The predicted molar refractivity (Wildman–Crippen MR) is 113 cm³/mol. The Morgan fingerprint density at radius 2 is 1.47 bits per heavy atom. The summed E-state index contributed by atoms with van der Waals surface area (Å²) in [6.45, 7) is 1.93. The zero-order chi connectivity index (χ0) is 20.9. The molecule has 7 nitrogen and oxygen atoms in total. The average Bonchev–Trinajstić information content (AvgIpc) is 3.26. The number of hydrogen-bond donors (Lipinski definition) is 2. The van der Waals surface area contributed by atoms with Gasteiger partial charge >= 0.3 is 0 Å². The first-order valence-electron chi connectivity index (χ1n) is 9.26. The van der Waals surface area contributed by atoms with Gasteiger partial charge in [-0.1, -0.05) is 42.5 Å². The number of rotatable bonds is 5. The number of pyridine rings is 1. The quantitative estimate of drug-likeness (QED) is 0.514. The third kappa shape index (κ3) is 3.95. The van der Waals surface area contributed by atoms with Crippen LogP contribution in [0.4, 0.5) is 11.4 Å². The molecule has 0 aliphatic rings. The highest BCUT2D eigenvalue weighted by Crippen LogP contribution is 2.28. The van der Waals surface area contributed by atoms with Crippen molar-refractivity contribution < 1.29 is 14.0 Å². The molecule has 0 saturated heterocycles. The van der Waals surface area contributed by atoms with Crippen LogP contribution < -0.4 is 10.6 Å². The molecule has 0 spiro atoms. The Labute approximate surface area is 172 Å². The van der Waals surface area contributed by atoms with Crippen LogP contribution >= 0.6 is 0 Å². The third-order valence-electron chi connectivity index (χ3n) is 4.49. The van der Waals surface area contributed by atoms with Crippen molar-refractivity contribution in [1.82, 2.24) is 9.97 Å². The van der Waals surface area contributed by atoms with Gasteiger partial charge in [-0.15, -0.1) is 0 Å². The van der Waals surface area contributed by atoms with Gasteiger partial charge in [0.05, 0.1) is 11.4 Å². The Balaban J connectivity index is 1.58.